The zero-order valence-corrected chi connectivity index (χ0v) is 11.7. The second kappa shape index (κ2) is 6.42. The smallest absolute Gasteiger partial charge is 0.314 e. The van der Waals surface area contributed by atoms with Crippen molar-refractivity contribution in [3.63, 3.8) is 0 Å². The van der Waals surface area contributed by atoms with E-state index in [0.29, 0.717) is 24.5 Å². The van der Waals surface area contributed by atoms with Crippen molar-refractivity contribution in [1.29, 1.82) is 0 Å². The highest BCUT2D eigenvalue weighted by molar-refractivity contribution is 7.80. The SMILES string of the molecule is N/C(=N/c1nc2ccccc2[nH]1)C(CCCS)C(=O)O. The summed E-state index contributed by atoms with van der Waals surface area (Å²) < 4.78 is 0. The maximum Gasteiger partial charge on any atom is 0.314 e. The van der Waals surface area contributed by atoms with Crippen LogP contribution in [0.3, 0.4) is 0 Å². The minimum absolute atomic E-state index is 0.0540. The minimum atomic E-state index is -0.982. The predicted molar refractivity (Wildman–Crippen MR) is 81.6 cm³/mol. The molecule has 0 fully saturated rings. The number of carbonyl (C=O) groups is 1. The van der Waals surface area contributed by atoms with Crippen molar-refractivity contribution in [3.05, 3.63) is 24.3 Å². The molecule has 1 atom stereocenters. The molecule has 6 nitrogen and oxygen atoms in total. The summed E-state index contributed by atoms with van der Waals surface area (Å²) in [5, 5.41) is 9.17. The number of aromatic amines is 1. The van der Waals surface area contributed by atoms with Crippen LogP contribution in [-0.4, -0.2) is 32.6 Å². The van der Waals surface area contributed by atoms with E-state index < -0.39 is 11.9 Å². The van der Waals surface area contributed by atoms with Gasteiger partial charge in [0, 0.05) is 0 Å². The van der Waals surface area contributed by atoms with Gasteiger partial charge < -0.3 is 15.8 Å². The van der Waals surface area contributed by atoms with Gasteiger partial charge in [0.2, 0.25) is 5.95 Å². The van der Waals surface area contributed by atoms with Gasteiger partial charge in [0.05, 0.1) is 11.0 Å². The van der Waals surface area contributed by atoms with Crippen LogP contribution in [0.5, 0.6) is 0 Å². The molecule has 7 heteroatoms. The summed E-state index contributed by atoms with van der Waals surface area (Å²) in [5.74, 6) is -0.805. The number of fused-ring (bicyclic) bond motifs is 1. The summed E-state index contributed by atoms with van der Waals surface area (Å²) in [4.78, 5) is 22.5. The van der Waals surface area contributed by atoms with Gasteiger partial charge in [-0.3, -0.25) is 4.79 Å². The molecule has 20 heavy (non-hydrogen) atoms. The van der Waals surface area contributed by atoms with E-state index in [-0.39, 0.29) is 5.84 Å². The zero-order chi connectivity index (χ0) is 14.5. The number of H-pyrrole nitrogens is 1. The Bertz CT molecular complexity index is 605. The Labute approximate surface area is 121 Å². The van der Waals surface area contributed by atoms with Crippen LogP contribution in [0, 0.1) is 5.92 Å². The third-order valence-corrected chi connectivity index (χ3v) is 3.23. The van der Waals surface area contributed by atoms with Crippen molar-refractivity contribution < 1.29 is 9.90 Å². The van der Waals surface area contributed by atoms with Crippen molar-refractivity contribution >= 4 is 41.4 Å². The highest BCUT2D eigenvalue weighted by Gasteiger charge is 2.21. The number of benzene rings is 1. The average molecular weight is 292 g/mol. The highest BCUT2D eigenvalue weighted by Crippen LogP contribution is 2.17. The molecule has 0 aliphatic rings. The Hall–Kier alpha value is -2.02. The Morgan fingerprint density at radius 2 is 2.25 bits per heavy atom. The maximum atomic E-state index is 11.2. The monoisotopic (exact) mass is 292 g/mol. The van der Waals surface area contributed by atoms with Gasteiger partial charge in [-0.25, -0.2) is 4.98 Å². The number of rotatable bonds is 6. The number of aromatic nitrogens is 2. The van der Waals surface area contributed by atoms with Crippen molar-refractivity contribution in [2.75, 3.05) is 5.75 Å². The predicted octanol–water partition coefficient (Wildman–Crippen LogP) is 1.96. The fourth-order valence-corrected chi connectivity index (χ4v) is 2.07. The topological polar surface area (TPSA) is 104 Å². The third-order valence-electron chi connectivity index (χ3n) is 2.92. The largest absolute Gasteiger partial charge is 0.481 e. The number of nitrogens with two attached hydrogens (primary N) is 1. The molecule has 2 aromatic rings. The van der Waals surface area contributed by atoms with Crippen molar-refractivity contribution in [2.24, 2.45) is 16.6 Å². The Morgan fingerprint density at radius 3 is 2.90 bits per heavy atom. The normalized spacial score (nSPS) is 13.6. The molecule has 1 unspecified atom stereocenters. The van der Waals surface area contributed by atoms with Gasteiger partial charge >= 0.3 is 5.97 Å². The van der Waals surface area contributed by atoms with Crippen LogP contribution in [0.25, 0.3) is 11.0 Å². The van der Waals surface area contributed by atoms with Crippen LogP contribution in [0.15, 0.2) is 29.3 Å². The lowest BCUT2D eigenvalue weighted by Crippen LogP contribution is -2.30. The number of nitrogens with one attached hydrogen (secondary N) is 1. The Kier molecular flexibility index (Phi) is 4.62. The molecule has 0 spiro atoms. The van der Waals surface area contributed by atoms with Crippen molar-refractivity contribution in [2.45, 2.75) is 12.8 Å². The molecule has 1 aromatic heterocycles. The van der Waals surface area contributed by atoms with Gasteiger partial charge in [-0.2, -0.15) is 17.6 Å². The van der Waals surface area contributed by atoms with Crippen molar-refractivity contribution in [1.82, 2.24) is 9.97 Å². The van der Waals surface area contributed by atoms with Gasteiger partial charge in [0.1, 0.15) is 11.8 Å². The number of nitrogens with zero attached hydrogens (tertiary/aromatic N) is 2. The first-order valence-electron chi connectivity index (χ1n) is 6.24. The number of aliphatic imine (C=N–C) groups is 1. The van der Waals surface area contributed by atoms with Crippen LogP contribution in [0.1, 0.15) is 12.8 Å². The van der Waals surface area contributed by atoms with E-state index in [0.717, 1.165) is 11.0 Å². The van der Waals surface area contributed by atoms with E-state index in [4.69, 9.17) is 5.73 Å². The zero-order valence-electron chi connectivity index (χ0n) is 10.8. The maximum absolute atomic E-state index is 11.2. The van der Waals surface area contributed by atoms with Gasteiger partial charge in [-0.15, -0.1) is 0 Å². The first kappa shape index (κ1) is 14.4. The fraction of sp³-hybridized carbons (Fsp3) is 0.308. The molecular formula is C13H16N4O2S. The van der Waals surface area contributed by atoms with E-state index in [2.05, 4.69) is 27.6 Å². The molecule has 0 saturated heterocycles. The summed E-state index contributed by atoms with van der Waals surface area (Å²) in [6.45, 7) is 0. The standard InChI is InChI=1S/C13H16N4O2S/c14-11(8(12(18)19)4-3-7-20)17-13-15-9-5-1-2-6-10(9)16-13/h1-2,5-6,8,20H,3-4,7H2,(H,18,19)(H3,14,15,16,17). The summed E-state index contributed by atoms with van der Waals surface area (Å²) >= 11 is 4.07. The first-order valence-corrected chi connectivity index (χ1v) is 6.87. The van der Waals surface area contributed by atoms with Gasteiger partial charge in [0.25, 0.3) is 0 Å². The third kappa shape index (κ3) is 3.30. The second-order valence-electron chi connectivity index (χ2n) is 4.37. The van der Waals surface area contributed by atoms with Crippen LogP contribution >= 0.6 is 12.6 Å². The first-order chi connectivity index (χ1) is 9.61. The summed E-state index contributed by atoms with van der Waals surface area (Å²) in [6, 6.07) is 7.46. The molecule has 1 heterocycles. The molecule has 2 rings (SSSR count). The van der Waals surface area contributed by atoms with Crippen LogP contribution < -0.4 is 5.73 Å². The summed E-state index contributed by atoms with van der Waals surface area (Å²) in [7, 11) is 0. The number of imidazole rings is 1. The van der Waals surface area contributed by atoms with E-state index >= 15 is 0 Å². The molecule has 106 valence electrons. The van der Waals surface area contributed by atoms with Gasteiger partial charge in [0.15, 0.2) is 0 Å². The lowest BCUT2D eigenvalue weighted by molar-refractivity contribution is -0.139. The number of amidine groups is 1. The van der Waals surface area contributed by atoms with Crippen LogP contribution in [-0.2, 0) is 4.79 Å². The number of carboxylic acids is 1. The number of hydrogen-bond acceptors (Lipinski definition) is 4. The molecule has 0 radical (unpaired) electrons. The molecule has 0 saturated carbocycles. The number of para-hydroxylation sites is 2. The van der Waals surface area contributed by atoms with Crippen LogP contribution in [0.2, 0.25) is 0 Å². The van der Waals surface area contributed by atoms with Crippen LogP contribution in [0.4, 0.5) is 5.95 Å². The lowest BCUT2D eigenvalue weighted by Gasteiger charge is -2.10. The Morgan fingerprint density at radius 1 is 1.50 bits per heavy atom. The highest BCUT2D eigenvalue weighted by atomic mass is 32.1. The quantitative estimate of drug-likeness (QED) is 0.371. The van der Waals surface area contributed by atoms with E-state index in [1.165, 1.54) is 0 Å². The molecule has 0 aliphatic heterocycles. The molecule has 4 N–H and O–H groups in total. The molecule has 1 aromatic carbocycles. The lowest BCUT2D eigenvalue weighted by atomic mass is 10.0. The second-order valence-corrected chi connectivity index (χ2v) is 4.82. The summed E-state index contributed by atoms with van der Waals surface area (Å²) in [6.07, 6.45) is 1.07. The van der Waals surface area contributed by atoms with E-state index in [1.54, 1.807) is 0 Å². The van der Waals surface area contributed by atoms with E-state index in [1.807, 2.05) is 24.3 Å². The van der Waals surface area contributed by atoms with E-state index in [9.17, 15) is 9.90 Å². The molecular weight excluding hydrogens is 276 g/mol. The van der Waals surface area contributed by atoms with Crippen molar-refractivity contribution in [3.8, 4) is 0 Å². The van der Waals surface area contributed by atoms with Gasteiger partial charge in [-0.1, -0.05) is 12.1 Å². The summed E-state index contributed by atoms with van der Waals surface area (Å²) in [5.41, 5.74) is 7.40. The average Bonchev–Trinajstić information content (AvgIpc) is 2.80. The minimum Gasteiger partial charge on any atom is -0.481 e. The number of hydrogen-bond donors (Lipinski definition) is 4. The Balaban J connectivity index is 2.24. The number of thiol groups is 1. The number of carboxylic acid groups (broad SMARTS) is 1. The molecule has 0 bridgehead atoms. The molecule has 0 amide bonds. The number of aliphatic carboxylic acids is 1. The fourth-order valence-electron chi connectivity index (χ4n) is 1.89. The molecule has 0 aliphatic carbocycles. The van der Waals surface area contributed by atoms with Gasteiger partial charge in [-0.05, 0) is 30.7 Å².